The molecule has 0 heterocycles. The second-order valence-corrected chi connectivity index (χ2v) is 6.02. The Labute approximate surface area is 129 Å². The fourth-order valence-electron chi connectivity index (χ4n) is 2.05. The van der Waals surface area contributed by atoms with Crippen molar-refractivity contribution in [2.24, 2.45) is 0 Å². The minimum atomic E-state index is -0.187. The molecule has 0 amide bonds. The molecule has 0 aliphatic heterocycles. The normalized spacial score (nSPS) is 10.9. The van der Waals surface area contributed by atoms with Crippen molar-refractivity contribution >= 4 is 11.8 Å². The molecule has 0 N–H and O–H groups in total. The number of benzene rings is 2. The number of hydrogen-bond acceptors (Lipinski definition) is 3. The predicted octanol–water partition coefficient (Wildman–Crippen LogP) is 4.06. The molecule has 0 fully saturated rings. The molecule has 4 heteroatoms. The molecule has 0 saturated heterocycles. The summed E-state index contributed by atoms with van der Waals surface area (Å²) in [6.07, 6.45) is 0. The van der Waals surface area contributed by atoms with E-state index in [-0.39, 0.29) is 5.82 Å². The van der Waals surface area contributed by atoms with Gasteiger partial charge >= 0.3 is 0 Å². The van der Waals surface area contributed by atoms with Gasteiger partial charge in [-0.2, -0.15) is 0 Å². The van der Waals surface area contributed by atoms with E-state index < -0.39 is 0 Å². The monoisotopic (exact) mass is 305 g/mol. The molecule has 2 aromatic rings. The maximum Gasteiger partial charge on any atom is 0.123 e. The molecule has 0 atom stereocenters. The van der Waals surface area contributed by atoms with E-state index in [1.54, 1.807) is 18.9 Å². The van der Waals surface area contributed by atoms with Crippen LogP contribution in [-0.2, 0) is 6.54 Å². The van der Waals surface area contributed by atoms with Gasteiger partial charge in [0.2, 0.25) is 0 Å². The van der Waals surface area contributed by atoms with Gasteiger partial charge in [-0.05, 0) is 37.4 Å². The van der Waals surface area contributed by atoms with Crippen molar-refractivity contribution in [2.45, 2.75) is 11.4 Å². The molecule has 21 heavy (non-hydrogen) atoms. The predicted molar refractivity (Wildman–Crippen MR) is 86.5 cm³/mol. The van der Waals surface area contributed by atoms with Crippen LogP contribution in [0.15, 0.2) is 53.4 Å². The number of thioether (sulfide) groups is 1. The lowest BCUT2D eigenvalue weighted by atomic mass is 10.2. The number of hydrogen-bond donors (Lipinski definition) is 0. The summed E-state index contributed by atoms with van der Waals surface area (Å²) in [6, 6.07) is 14.7. The highest BCUT2D eigenvalue weighted by molar-refractivity contribution is 7.99. The van der Waals surface area contributed by atoms with E-state index in [4.69, 9.17) is 4.74 Å². The molecule has 0 saturated carbocycles. The Morgan fingerprint density at radius 3 is 2.52 bits per heavy atom. The van der Waals surface area contributed by atoms with Crippen LogP contribution in [0.4, 0.5) is 4.39 Å². The zero-order chi connectivity index (χ0) is 15.1. The van der Waals surface area contributed by atoms with Gasteiger partial charge in [-0.1, -0.05) is 18.2 Å². The quantitative estimate of drug-likeness (QED) is 0.716. The first-order chi connectivity index (χ1) is 10.2. The lowest BCUT2D eigenvalue weighted by Crippen LogP contribution is -2.21. The SMILES string of the molecule is COc1ccccc1CN(C)CCSc1ccc(F)cc1. The molecular formula is C17H20FNOS. The third-order valence-corrected chi connectivity index (χ3v) is 4.18. The number of nitrogens with zero attached hydrogens (tertiary/aromatic N) is 1. The molecule has 0 aromatic heterocycles. The largest absolute Gasteiger partial charge is 0.496 e. The molecule has 2 rings (SSSR count). The zero-order valence-electron chi connectivity index (χ0n) is 12.4. The minimum Gasteiger partial charge on any atom is -0.496 e. The van der Waals surface area contributed by atoms with Crippen LogP contribution in [0.25, 0.3) is 0 Å². The molecule has 0 spiro atoms. The van der Waals surface area contributed by atoms with E-state index in [1.165, 1.54) is 17.7 Å². The number of para-hydroxylation sites is 1. The lowest BCUT2D eigenvalue weighted by Gasteiger charge is -2.18. The Hall–Kier alpha value is -1.52. The van der Waals surface area contributed by atoms with Crippen molar-refractivity contribution in [1.82, 2.24) is 4.90 Å². The zero-order valence-corrected chi connectivity index (χ0v) is 13.2. The van der Waals surface area contributed by atoms with Crippen LogP contribution in [0.1, 0.15) is 5.56 Å². The van der Waals surface area contributed by atoms with Gasteiger partial charge in [0.25, 0.3) is 0 Å². The number of methoxy groups -OCH3 is 1. The van der Waals surface area contributed by atoms with Crippen LogP contribution in [0.5, 0.6) is 5.75 Å². The van der Waals surface area contributed by atoms with Gasteiger partial charge in [0.05, 0.1) is 7.11 Å². The average Bonchev–Trinajstić information content (AvgIpc) is 2.50. The third kappa shape index (κ3) is 5.06. The second-order valence-electron chi connectivity index (χ2n) is 4.85. The summed E-state index contributed by atoms with van der Waals surface area (Å²) in [5, 5.41) is 0. The Morgan fingerprint density at radius 1 is 1.10 bits per heavy atom. The number of halogens is 1. The Balaban J connectivity index is 1.79. The van der Waals surface area contributed by atoms with Crippen molar-refractivity contribution in [3.05, 3.63) is 59.9 Å². The van der Waals surface area contributed by atoms with Gasteiger partial charge in [0.15, 0.2) is 0 Å². The van der Waals surface area contributed by atoms with Crippen molar-refractivity contribution in [1.29, 1.82) is 0 Å². The topological polar surface area (TPSA) is 12.5 Å². The Morgan fingerprint density at radius 2 is 1.81 bits per heavy atom. The molecule has 2 aromatic carbocycles. The first-order valence-electron chi connectivity index (χ1n) is 6.88. The van der Waals surface area contributed by atoms with Gasteiger partial charge in [-0.25, -0.2) is 4.39 Å². The second kappa shape index (κ2) is 8.05. The Kier molecular flexibility index (Phi) is 6.08. The Bertz CT molecular complexity index is 559. The molecule has 0 radical (unpaired) electrons. The van der Waals surface area contributed by atoms with E-state index in [9.17, 15) is 4.39 Å². The maximum absolute atomic E-state index is 12.8. The third-order valence-electron chi connectivity index (χ3n) is 3.19. The first kappa shape index (κ1) is 15.9. The van der Waals surface area contributed by atoms with E-state index in [2.05, 4.69) is 18.0 Å². The van der Waals surface area contributed by atoms with Crippen LogP contribution in [0, 0.1) is 5.82 Å². The van der Waals surface area contributed by atoms with Crippen molar-refractivity contribution in [2.75, 3.05) is 26.5 Å². The van der Waals surface area contributed by atoms with Crippen molar-refractivity contribution < 1.29 is 9.13 Å². The van der Waals surface area contributed by atoms with Gasteiger partial charge in [0.1, 0.15) is 11.6 Å². The summed E-state index contributed by atoms with van der Waals surface area (Å²) in [4.78, 5) is 3.36. The van der Waals surface area contributed by atoms with Crippen LogP contribution in [0.2, 0.25) is 0 Å². The van der Waals surface area contributed by atoms with Crippen LogP contribution in [0.3, 0.4) is 0 Å². The number of rotatable bonds is 7. The van der Waals surface area contributed by atoms with Crippen LogP contribution >= 0.6 is 11.8 Å². The molecule has 112 valence electrons. The summed E-state index contributed by atoms with van der Waals surface area (Å²) < 4.78 is 18.2. The molecular weight excluding hydrogens is 285 g/mol. The summed E-state index contributed by atoms with van der Waals surface area (Å²) in [7, 11) is 3.79. The fraction of sp³-hybridized carbons (Fsp3) is 0.294. The van der Waals surface area contributed by atoms with Crippen LogP contribution in [-0.4, -0.2) is 31.4 Å². The van der Waals surface area contributed by atoms with E-state index in [0.717, 1.165) is 29.5 Å². The highest BCUT2D eigenvalue weighted by Gasteiger charge is 2.05. The van der Waals surface area contributed by atoms with Gasteiger partial charge in [-0.15, -0.1) is 11.8 Å². The molecule has 0 unspecified atom stereocenters. The smallest absolute Gasteiger partial charge is 0.123 e. The van der Waals surface area contributed by atoms with E-state index >= 15 is 0 Å². The summed E-state index contributed by atoms with van der Waals surface area (Å²) in [6.45, 7) is 1.81. The van der Waals surface area contributed by atoms with E-state index in [0.29, 0.717) is 0 Å². The highest BCUT2D eigenvalue weighted by atomic mass is 32.2. The molecule has 0 bridgehead atoms. The molecule has 0 aliphatic rings. The van der Waals surface area contributed by atoms with Crippen LogP contribution < -0.4 is 4.74 Å². The van der Waals surface area contributed by atoms with Gasteiger partial charge < -0.3 is 9.64 Å². The summed E-state index contributed by atoms with van der Waals surface area (Å²) in [5.74, 6) is 1.71. The molecule has 2 nitrogen and oxygen atoms in total. The number of ether oxygens (including phenoxy) is 1. The van der Waals surface area contributed by atoms with Gasteiger partial charge in [0, 0.05) is 29.3 Å². The first-order valence-corrected chi connectivity index (χ1v) is 7.86. The standard InChI is InChI=1S/C17H20FNOS/c1-19(13-14-5-3-4-6-17(14)20-2)11-12-21-16-9-7-15(18)8-10-16/h3-10H,11-13H2,1-2H3. The maximum atomic E-state index is 12.8. The summed E-state index contributed by atoms with van der Waals surface area (Å²) in [5.41, 5.74) is 1.19. The molecule has 0 aliphatic carbocycles. The lowest BCUT2D eigenvalue weighted by molar-refractivity contribution is 0.335. The highest BCUT2D eigenvalue weighted by Crippen LogP contribution is 2.20. The fourth-order valence-corrected chi connectivity index (χ4v) is 3.02. The average molecular weight is 305 g/mol. The van der Waals surface area contributed by atoms with Gasteiger partial charge in [-0.3, -0.25) is 0 Å². The van der Waals surface area contributed by atoms with Crippen molar-refractivity contribution in [3.8, 4) is 5.75 Å². The minimum absolute atomic E-state index is 0.187. The van der Waals surface area contributed by atoms with E-state index in [1.807, 2.05) is 30.3 Å². The summed E-state index contributed by atoms with van der Waals surface area (Å²) >= 11 is 1.74. The van der Waals surface area contributed by atoms with Crippen molar-refractivity contribution in [3.63, 3.8) is 0 Å².